The zero-order valence-corrected chi connectivity index (χ0v) is 7.69. The molecule has 1 N–H and O–H groups in total. The van der Waals surface area contributed by atoms with E-state index in [2.05, 4.69) is 19.2 Å². The van der Waals surface area contributed by atoms with Crippen LogP contribution in [0.3, 0.4) is 0 Å². The maximum atomic E-state index is 12.0. The number of nitrogens with one attached hydrogen (secondary N) is 1. The summed E-state index contributed by atoms with van der Waals surface area (Å²) in [4.78, 5) is 0. The molecule has 1 aliphatic carbocycles. The van der Waals surface area contributed by atoms with Gasteiger partial charge in [0.05, 0.1) is 0 Å². The third-order valence-corrected chi connectivity index (χ3v) is 2.26. The van der Waals surface area contributed by atoms with Crippen LogP contribution in [0.15, 0.2) is 0 Å². The molecule has 0 aromatic rings. The number of hydrogen-bond acceptors (Lipinski definition) is 1. The molecular weight excluding hydrogens is 160 g/mol. The number of hydrogen-bond donors (Lipinski definition) is 1. The third-order valence-electron chi connectivity index (χ3n) is 2.26. The summed E-state index contributed by atoms with van der Waals surface area (Å²) in [5, 5.41) is 3.20. The topological polar surface area (TPSA) is 12.0 Å². The normalized spacial score (nSPS) is 28.5. The van der Waals surface area contributed by atoms with Gasteiger partial charge in [-0.25, -0.2) is 8.78 Å². The molecular formula is C9H17F2N. The van der Waals surface area contributed by atoms with E-state index in [0.717, 1.165) is 13.1 Å². The van der Waals surface area contributed by atoms with Crippen LogP contribution in [0.5, 0.6) is 0 Å². The van der Waals surface area contributed by atoms with E-state index in [9.17, 15) is 8.78 Å². The van der Waals surface area contributed by atoms with Crippen LogP contribution in [0, 0.1) is 17.8 Å². The second kappa shape index (κ2) is 4.17. The first-order chi connectivity index (χ1) is 5.61. The Morgan fingerprint density at radius 3 is 2.50 bits per heavy atom. The quantitative estimate of drug-likeness (QED) is 0.678. The van der Waals surface area contributed by atoms with E-state index >= 15 is 0 Å². The van der Waals surface area contributed by atoms with Crippen LogP contribution in [0.4, 0.5) is 8.78 Å². The molecule has 1 aliphatic rings. The Morgan fingerprint density at radius 1 is 1.42 bits per heavy atom. The van der Waals surface area contributed by atoms with Gasteiger partial charge in [-0.1, -0.05) is 13.8 Å². The molecule has 0 saturated heterocycles. The second-order valence-corrected chi connectivity index (χ2v) is 4.05. The minimum atomic E-state index is -2.10. The Hall–Kier alpha value is -0.180. The Morgan fingerprint density at radius 2 is 2.08 bits per heavy atom. The predicted octanol–water partition coefficient (Wildman–Crippen LogP) is 2.13. The molecule has 0 heterocycles. The van der Waals surface area contributed by atoms with E-state index in [1.165, 1.54) is 0 Å². The van der Waals surface area contributed by atoms with Gasteiger partial charge < -0.3 is 5.32 Å². The van der Waals surface area contributed by atoms with Crippen molar-refractivity contribution in [2.24, 2.45) is 17.8 Å². The predicted molar refractivity (Wildman–Crippen MR) is 45.3 cm³/mol. The van der Waals surface area contributed by atoms with E-state index in [4.69, 9.17) is 0 Å². The average molecular weight is 177 g/mol. The van der Waals surface area contributed by atoms with Gasteiger partial charge in [0.1, 0.15) is 0 Å². The van der Waals surface area contributed by atoms with Crippen LogP contribution in [-0.4, -0.2) is 19.5 Å². The fourth-order valence-corrected chi connectivity index (χ4v) is 1.37. The fraction of sp³-hybridized carbons (Fsp3) is 1.00. The van der Waals surface area contributed by atoms with E-state index in [-0.39, 0.29) is 11.8 Å². The first-order valence-corrected chi connectivity index (χ1v) is 4.60. The molecule has 1 rings (SSSR count). The summed E-state index contributed by atoms with van der Waals surface area (Å²) in [5.74, 6) is 0.530. The van der Waals surface area contributed by atoms with Gasteiger partial charge in [-0.3, -0.25) is 0 Å². The number of alkyl halides is 2. The third kappa shape index (κ3) is 3.05. The molecule has 0 aliphatic heterocycles. The Balaban J connectivity index is 1.97. The lowest BCUT2D eigenvalue weighted by atomic mass is 10.2. The van der Waals surface area contributed by atoms with Crippen molar-refractivity contribution in [3.8, 4) is 0 Å². The first-order valence-electron chi connectivity index (χ1n) is 4.60. The lowest BCUT2D eigenvalue weighted by Gasteiger charge is -2.06. The van der Waals surface area contributed by atoms with Gasteiger partial charge in [0, 0.05) is 5.92 Å². The van der Waals surface area contributed by atoms with Crippen molar-refractivity contribution >= 4 is 0 Å². The molecule has 0 aromatic heterocycles. The summed E-state index contributed by atoms with van der Waals surface area (Å²) in [7, 11) is 0. The largest absolute Gasteiger partial charge is 0.316 e. The van der Waals surface area contributed by atoms with Crippen LogP contribution >= 0.6 is 0 Å². The Bertz CT molecular complexity index is 136. The molecule has 2 atom stereocenters. The maximum absolute atomic E-state index is 12.0. The summed E-state index contributed by atoms with van der Waals surface area (Å²) in [6.07, 6.45) is -1.39. The van der Waals surface area contributed by atoms with Gasteiger partial charge in [-0.15, -0.1) is 0 Å². The molecule has 0 bridgehead atoms. The lowest BCUT2D eigenvalue weighted by molar-refractivity contribution is 0.116. The van der Waals surface area contributed by atoms with Crippen molar-refractivity contribution in [2.45, 2.75) is 26.7 Å². The fourth-order valence-electron chi connectivity index (χ4n) is 1.37. The smallest absolute Gasteiger partial charge is 0.241 e. The maximum Gasteiger partial charge on any atom is 0.241 e. The molecule has 72 valence electrons. The molecule has 12 heavy (non-hydrogen) atoms. The highest BCUT2D eigenvalue weighted by Gasteiger charge is 2.43. The molecule has 1 fully saturated rings. The van der Waals surface area contributed by atoms with Gasteiger partial charge in [-0.2, -0.15) is 0 Å². The van der Waals surface area contributed by atoms with Crippen molar-refractivity contribution in [2.75, 3.05) is 13.1 Å². The molecule has 1 nitrogen and oxygen atoms in total. The average Bonchev–Trinajstić information content (AvgIpc) is 2.66. The second-order valence-electron chi connectivity index (χ2n) is 4.05. The van der Waals surface area contributed by atoms with Crippen LogP contribution in [0.1, 0.15) is 20.3 Å². The van der Waals surface area contributed by atoms with E-state index in [0.29, 0.717) is 12.3 Å². The first kappa shape index (κ1) is 9.90. The van der Waals surface area contributed by atoms with Crippen molar-refractivity contribution in [1.29, 1.82) is 0 Å². The Kier molecular flexibility index (Phi) is 3.44. The minimum absolute atomic E-state index is 0.240. The molecule has 0 aromatic carbocycles. The minimum Gasteiger partial charge on any atom is -0.316 e. The monoisotopic (exact) mass is 177 g/mol. The standard InChI is InChI=1S/C9H17F2N/c1-6(2)4-12-5-7-3-8(7)9(10)11/h6-9,12H,3-5H2,1-2H3. The summed E-state index contributed by atoms with van der Waals surface area (Å²) in [6, 6.07) is 0. The summed E-state index contributed by atoms with van der Waals surface area (Å²) in [6.45, 7) is 5.94. The van der Waals surface area contributed by atoms with Gasteiger partial charge in [0.15, 0.2) is 0 Å². The highest BCUT2D eigenvalue weighted by atomic mass is 19.3. The van der Waals surface area contributed by atoms with Crippen LogP contribution in [0.2, 0.25) is 0 Å². The molecule has 1 saturated carbocycles. The molecule has 0 radical (unpaired) electrons. The molecule has 3 heteroatoms. The highest BCUT2D eigenvalue weighted by Crippen LogP contribution is 2.42. The molecule has 0 amide bonds. The van der Waals surface area contributed by atoms with E-state index in [1.807, 2.05) is 0 Å². The van der Waals surface area contributed by atoms with Crippen molar-refractivity contribution < 1.29 is 8.78 Å². The highest BCUT2D eigenvalue weighted by molar-refractivity contribution is 4.89. The summed E-state index contributed by atoms with van der Waals surface area (Å²) < 4.78 is 24.1. The molecule has 2 unspecified atom stereocenters. The van der Waals surface area contributed by atoms with Crippen molar-refractivity contribution in [1.82, 2.24) is 5.32 Å². The van der Waals surface area contributed by atoms with Crippen molar-refractivity contribution in [3.63, 3.8) is 0 Å². The van der Waals surface area contributed by atoms with Crippen molar-refractivity contribution in [3.05, 3.63) is 0 Å². The SMILES string of the molecule is CC(C)CNCC1CC1C(F)F. The Labute approximate surface area is 72.5 Å². The van der Waals surface area contributed by atoms with Gasteiger partial charge in [-0.05, 0) is 31.3 Å². The van der Waals surface area contributed by atoms with E-state index < -0.39 is 6.43 Å². The van der Waals surface area contributed by atoms with Gasteiger partial charge >= 0.3 is 0 Å². The van der Waals surface area contributed by atoms with Crippen LogP contribution < -0.4 is 5.32 Å². The van der Waals surface area contributed by atoms with Crippen LogP contribution in [-0.2, 0) is 0 Å². The van der Waals surface area contributed by atoms with Gasteiger partial charge in [0.25, 0.3) is 0 Å². The van der Waals surface area contributed by atoms with Gasteiger partial charge in [0.2, 0.25) is 6.43 Å². The van der Waals surface area contributed by atoms with Crippen LogP contribution in [0.25, 0.3) is 0 Å². The lowest BCUT2D eigenvalue weighted by Crippen LogP contribution is -2.22. The summed E-state index contributed by atoms with van der Waals surface area (Å²) in [5.41, 5.74) is 0. The number of halogens is 2. The number of rotatable bonds is 5. The van der Waals surface area contributed by atoms with E-state index in [1.54, 1.807) is 0 Å². The molecule has 0 spiro atoms. The zero-order valence-electron chi connectivity index (χ0n) is 7.69. The zero-order chi connectivity index (χ0) is 9.14. The summed E-state index contributed by atoms with van der Waals surface area (Å²) >= 11 is 0.